The van der Waals surface area contributed by atoms with Crippen molar-refractivity contribution in [3.8, 4) is 11.8 Å². The van der Waals surface area contributed by atoms with E-state index in [1.165, 1.54) is 19.3 Å². The minimum atomic E-state index is -1.55. The van der Waals surface area contributed by atoms with Crippen molar-refractivity contribution in [3.05, 3.63) is 0 Å². The Morgan fingerprint density at radius 2 is 1.88 bits per heavy atom. The van der Waals surface area contributed by atoms with Gasteiger partial charge in [0.2, 0.25) is 0 Å². The molecule has 3 heteroatoms. The van der Waals surface area contributed by atoms with Gasteiger partial charge in [-0.1, -0.05) is 48.5 Å². The molecule has 100 valence electrons. The average Bonchev–Trinajstić information content (AvgIpc) is 2.29. The van der Waals surface area contributed by atoms with E-state index in [1.54, 1.807) is 0 Å². The molecule has 0 aromatic heterocycles. The van der Waals surface area contributed by atoms with Crippen LogP contribution in [0.2, 0.25) is 13.1 Å². The maximum atomic E-state index is 6.20. The zero-order valence-corrected chi connectivity index (χ0v) is 14.4. The molecular weight excluding hydrogens is 292 g/mol. The Hall–Kier alpha value is 0.217. The maximum absolute atomic E-state index is 6.20. The highest BCUT2D eigenvalue weighted by Gasteiger charge is 2.24. The lowest BCUT2D eigenvalue weighted by Crippen LogP contribution is -2.37. The Morgan fingerprint density at radius 3 is 2.41 bits per heavy atom. The van der Waals surface area contributed by atoms with Crippen LogP contribution in [0.3, 0.4) is 0 Å². The number of hydrogen-bond donors (Lipinski definition) is 0. The number of rotatable bonds is 8. The summed E-state index contributed by atoms with van der Waals surface area (Å²) >= 11 is 3.55. The minimum Gasteiger partial charge on any atom is -0.403 e. The summed E-state index contributed by atoms with van der Waals surface area (Å²) in [4.78, 5) is 0.986. The summed E-state index contributed by atoms with van der Waals surface area (Å²) in [6.07, 6.45) is 7.15. The van der Waals surface area contributed by atoms with Gasteiger partial charge in [-0.2, -0.15) is 0 Å². The normalized spacial score (nSPS) is 13.0. The summed E-state index contributed by atoms with van der Waals surface area (Å²) in [5.41, 5.74) is 0. The number of alkyl halides is 1. The Balaban J connectivity index is 4.25. The van der Waals surface area contributed by atoms with Crippen LogP contribution in [-0.4, -0.2) is 19.4 Å². The van der Waals surface area contributed by atoms with Crippen LogP contribution in [0.15, 0.2) is 0 Å². The highest BCUT2D eigenvalue weighted by Crippen LogP contribution is 2.15. The molecule has 0 radical (unpaired) electrons. The number of unbranched alkanes of at least 4 members (excludes halogenated alkanes) is 3. The molecule has 0 amide bonds. The van der Waals surface area contributed by atoms with Crippen LogP contribution in [0.25, 0.3) is 0 Å². The topological polar surface area (TPSA) is 9.23 Å². The van der Waals surface area contributed by atoms with Gasteiger partial charge in [-0.25, -0.2) is 0 Å². The van der Waals surface area contributed by atoms with Crippen LogP contribution < -0.4 is 0 Å². The molecule has 0 aromatic carbocycles. The van der Waals surface area contributed by atoms with Gasteiger partial charge in [-0.3, -0.25) is 0 Å². The molecule has 0 fully saturated rings. The zero-order valence-electron chi connectivity index (χ0n) is 11.8. The predicted octanol–water partition coefficient (Wildman–Crippen LogP) is 4.89. The van der Waals surface area contributed by atoms with Crippen molar-refractivity contribution >= 4 is 24.2 Å². The van der Waals surface area contributed by atoms with E-state index in [0.29, 0.717) is 0 Å². The zero-order chi connectivity index (χ0) is 13.1. The van der Waals surface area contributed by atoms with Crippen LogP contribution in [0.4, 0.5) is 0 Å². The first-order valence-corrected chi connectivity index (χ1v) is 11.0. The largest absolute Gasteiger partial charge is 0.403 e. The van der Waals surface area contributed by atoms with Crippen LogP contribution in [-0.2, 0) is 4.43 Å². The third-order valence-corrected chi connectivity index (χ3v) is 8.11. The minimum absolute atomic E-state index is 0.160. The molecule has 0 N–H and O–H groups in total. The van der Waals surface area contributed by atoms with Crippen LogP contribution in [0.5, 0.6) is 0 Å². The third kappa shape index (κ3) is 9.88. The molecule has 0 heterocycles. The van der Waals surface area contributed by atoms with Crippen molar-refractivity contribution in [3.63, 3.8) is 0 Å². The predicted molar refractivity (Wildman–Crippen MR) is 83.0 cm³/mol. The van der Waals surface area contributed by atoms with E-state index in [-0.39, 0.29) is 6.10 Å². The average molecular weight is 319 g/mol. The second-order valence-corrected chi connectivity index (χ2v) is 10.8. The lowest BCUT2D eigenvalue weighted by atomic mass is 10.1. The second kappa shape index (κ2) is 10.2. The highest BCUT2D eigenvalue weighted by molar-refractivity contribution is 9.09. The quantitative estimate of drug-likeness (QED) is 0.268. The van der Waals surface area contributed by atoms with E-state index in [4.69, 9.17) is 4.43 Å². The summed E-state index contributed by atoms with van der Waals surface area (Å²) in [5.74, 6) is 6.55. The molecule has 17 heavy (non-hydrogen) atoms. The molecule has 1 atom stereocenters. The lowest BCUT2D eigenvalue weighted by Gasteiger charge is -2.24. The van der Waals surface area contributed by atoms with Gasteiger partial charge in [0, 0.05) is 11.4 Å². The molecule has 0 saturated heterocycles. The van der Waals surface area contributed by atoms with Crippen molar-refractivity contribution in [2.45, 2.75) is 71.6 Å². The van der Waals surface area contributed by atoms with Crippen LogP contribution in [0, 0.1) is 11.8 Å². The molecule has 0 saturated carbocycles. The van der Waals surface area contributed by atoms with Crippen molar-refractivity contribution in [2.75, 3.05) is 4.95 Å². The fourth-order valence-corrected chi connectivity index (χ4v) is 2.87. The van der Waals surface area contributed by atoms with Gasteiger partial charge in [0.15, 0.2) is 8.32 Å². The Kier molecular flexibility index (Phi) is 10.3. The SMILES string of the molecule is CCCC#CC(CCCCC)O[Si](C)(C)CBr. The molecule has 0 bridgehead atoms. The van der Waals surface area contributed by atoms with Gasteiger partial charge in [-0.05, 0) is 32.4 Å². The molecule has 1 unspecified atom stereocenters. The lowest BCUT2D eigenvalue weighted by molar-refractivity contribution is 0.235. The molecule has 1 nitrogen and oxygen atoms in total. The van der Waals surface area contributed by atoms with E-state index >= 15 is 0 Å². The Labute approximate surface area is 117 Å². The highest BCUT2D eigenvalue weighted by atomic mass is 79.9. The van der Waals surface area contributed by atoms with Crippen LogP contribution >= 0.6 is 15.9 Å². The van der Waals surface area contributed by atoms with Crippen molar-refractivity contribution < 1.29 is 4.43 Å². The van der Waals surface area contributed by atoms with E-state index < -0.39 is 8.32 Å². The molecule has 0 rings (SSSR count). The standard InChI is InChI=1S/C14H27BrOSi/c1-5-7-9-11-14(12-10-8-6-2)16-17(3,4)13-15/h14H,5-9,11,13H2,1-4H3. The van der Waals surface area contributed by atoms with Crippen molar-refractivity contribution in [1.29, 1.82) is 0 Å². The first kappa shape index (κ1) is 17.2. The Morgan fingerprint density at radius 1 is 1.18 bits per heavy atom. The van der Waals surface area contributed by atoms with E-state index in [1.807, 2.05) is 0 Å². The van der Waals surface area contributed by atoms with Crippen LogP contribution in [0.1, 0.15) is 52.4 Å². The Bertz CT molecular complexity index is 242. The van der Waals surface area contributed by atoms with Crippen molar-refractivity contribution in [2.24, 2.45) is 0 Å². The summed E-state index contributed by atoms with van der Waals surface area (Å²) in [6, 6.07) is 0. The van der Waals surface area contributed by atoms with Crippen molar-refractivity contribution in [1.82, 2.24) is 0 Å². The molecule has 0 aliphatic heterocycles. The summed E-state index contributed by atoms with van der Waals surface area (Å²) in [7, 11) is -1.55. The smallest absolute Gasteiger partial charge is 0.198 e. The monoisotopic (exact) mass is 318 g/mol. The van der Waals surface area contributed by atoms with E-state index in [9.17, 15) is 0 Å². The molecule has 0 aliphatic rings. The number of halogens is 1. The first-order chi connectivity index (χ1) is 8.05. The summed E-state index contributed by atoms with van der Waals surface area (Å²) in [5, 5.41) is 0. The summed E-state index contributed by atoms with van der Waals surface area (Å²) in [6.45, 7) is 8.89. The van der Waals surface area contributed by atoms with Gasteiger partial charge in [0.1, 0.15) is 6.10 Å². The maximum Gasteiger partial charge on any atom is 0.198 e. The van der Waals surface area contributed by atoms with Gasteiger partial charge >= 0.3 is 0 Å². The van der Waals surface area contributed by atoms with E-state index in [0.717, 1.165) is 24.2 Å². The fourth-order valence-electron chi connectivity index (χ4n) is 1.47. The van der Waals surface area contributed by atoms with Gasteiger partial charge in [0.05, 0.1) is 0 Å². The third-order valence-electron chi connectivity index (χ3n) is 2.49. The number of hydrogen-bond acceptors (Lipinski definition) is 1. The molecule has 0 aliphatic carbocycles. The van der Waals surface area contributed by atoms with Gasteiger partial charge < -0.3 is 4.43 Å². The second-order valence-electron chi connectivity index (χ2n) is 5.07. The molecular formula is C14H27BrOSi. The molecule has 0 spiro atoms. The fraction of sp³-hybridized carbons (Fsp3) is 0.857. The first-order valence-electron chi connectivity index (χ1n) is 6.78. The van der Waals surface area contributed by atoms with E-state index in [2.05, 4.69) is 54.7 Å². The van der Waals surface area contributed by atoms with Gasteiger partial charge in [-0.15, -0.1) is 5.92 Å². The van der Waals surface area contributed by atoms with Gasteiger partial charge in [0.25, 0.3) is 0 Å². The molecule has 0 aromatic rings. The summed E-state index contributed by atoms with van der Waals surface area (Å²) < 4.78 is 6.20.